The lowest BCUT2D eigenvalue weighted by molar-refractivity contribution is -0.383. The highest BCUT2D eigenvalue weighted by Crippen LogP contribution is 2.26. The zero-order chi connectivity index (χ0) is 13.3. The van der Waals surface area contributed by atoms with E-state index in [0.717, 1.165) is 0 Å². The molecule has 1 N–H and O–H groups in total. The van der Waals surface area contributed by atoms with Crippen LogP contribution < -0.4 is 0 Å². The quantitative estimate of drug-likeness (QED) is 0.509. The van der Waals surface area contributed by atoms with Crippen LogP contribution >= 0.6 is 0 Å². The van der Waals surface area contributed by atoms with Crippen LogP contribution in [0.1, 0.15) is 0 Å². The number of carboxylic acids is 1. The Balaban J connectivity index is 2.49. The number of carboxylic acid groups (broad SMARTS) is 1. The highest BCUT2D eigenvalue weighted by molar-refractivity contribution is 5.90. The second-order valence-electron chi connectivity index (χ2n) is 3.82. The summed E-state index contributed by atoms with van der Waals surface area (Å²) >= 11 is 0. The number of hydrogen-bond acceptors (Lipinski definition) is 3. The number of rotatable bonds is 4. The fourth-order valence-electron chi connectivity index (χ4n) is 1.78. The van der Waals surface area contributed by atoms with E-state index >= 15 is 0 Å². The molecule has 0 unspecified atom stereocenters. The lowest BCUT2D eigenvalue weighted by atomic mass is 10.2. The first-order valence-electron chi connectivity index (χ1n) is 5.14. The molecule has 0 saturated heterocycles. The SMILES string of the molecule is C=C(Cn1ccc2c([N+](=O)[O-])cccc21)C(=O)O. The number of aromatic nitrogens is 1. The first-order chi connectivity index (χ1) is 8.50. The smallest absolute Gasteiger partial charge is 0.332 e. The van der Waals surface area contributed by atoms with Gasteiger partial charge in [0.1, 0.15) is 0 Å². The number of hydrogen-bond donors (Lipinski definition) is 1. The average Bonchev–Trinajstić information content (AvgIpc) is 2.72. The van der Waals surface area contributed by atoms with Gasteiger partial charge in [0, 0.05) is 17.8 Å². The number of nitro groups is 1. The minimum absolute atomic E-state index is 0.00665. The molecule has 6 heteroatoms. The summed E-state index contributed by atoms with van der Waals surface area (Å²) in [7, 11) is 0. The van der Waals surface area contributed by atoms with Crippen LogP contribution in [0.5, 0.6) is 0 Å². The summed E-state index contributed by atoms with van der Waals surface area (Å²) in [6.45, 7) is 3.54. The third-order valence-corrected chi connectivity index (χ3v) is 2.65. The van der Waals surface area contributed by atoms with Gasteiger partial charge in [0.05, 0.1) is 22.4 Å². The Labute approximate surface area is 102 Å². The molecule has 2 aromatic rings. The monoisotopic (exact) mass is 246 g/mol. The maximum Gasteiger partial charge on any atom is 0.332 e. The molecule has 0 radical (unpaired) electrons. The van der Waals surface area contributed by atoms with Crippen molar-refractivity contribution in [1.82, 2.24) is 4.57 Å². The maximum atomic E-state index is 10.8. The van der Waals surface area contributed by atoms with E-state index in [0.29, 0.717) is 10.9 Å². The standard InChI is InChI=1S/C12H10N2O4/c1-8(12(15)16)7-13-6-5-9-10(13)3-2-4-11(9)14(17)18/h2-6H,1,7H2,(H,15,16). The van der Waals surface area contributed by atoms with E-state index in [1.807, 2.05) is 0 Å². The van der Waals surface area contributed by atoms with Crippen molar-refractivity contribution in [3.63, 3.8) is 0 Å². The van der Waals surface area contributed by atoms with Crippen LogP contribution in [0.2, 0.25) is 0 Å². The fourth-order valence-corrected chi connectivity index (χ4v) is 1.78. The summed E-state index contributed by atoms with van der Waals surface area (Å²) in [5.41, 5.74) is 0.651. The molecule has 1 heterocycles. The molecule has 0 bridgehead atoms. The molecule has 1 aromatic carbocycles. The molecule has 2 rings (SSSR count). The second-order valence-corrected chi connectivity index (χ2v) is 3.82. The lowest BCUT2D eigenvalue weighted by Crippen LogP contribution is -2.07. The number of nitro benzene ring substituents is 1. The van der Waals surface area contributed by atoms with Gasteiger partial charge in [-0.15, -0.1) is 0 Å². The Morgan fingerprint density at radius 3 is 2.78 bits per heavy atom. The summed E-state index contributed by atoms with van der Waals surface area (Å²) in [4.78, 5) is 21.1. The van der Waals surface area contributed by atoms with Crippen LogP contribution in [-0.2, 0) is 11.3 Å². The van der Waals surface area contributed by atoms with Crippen molar-refractivity contribution < 1.29 is 14.8 Å². The second kappa shape index (κ2) is 4.33. The number of fused-ring (bicyclic) bond motifs is 1. The van der Waals surface area contributed by atoms with Gasteiger partial charge in [-0.3, -0.25) is 10.1 Å². The van der Waals surface area contributed by atoms with E-state index in [-0.39, 0.29) is 17.8 Å². The molecule has 0 fully saturated rings. The molecular formula is C12H10N2O4. The highest BCUT2D eigenvalue weighted by Gasteiger charge is 2.14. The molecule has 6 nitrogen and oxygen atoms in total. The van der Waals surface area contributed by atoms with Gasteiger partial charge in [-0.1, -0.05) is 12.6 Å². The Morgan fingerprint density at radius 2 is 2.17 bits per heavy atom. The third-order valence-electron chi connectivity index (χ3n) is 2.65. The number of non-ortho nitro benzene ring substituents is 1. The molecule has 0 spiro atoms. The summed E-state index contributed by atoms with van der Waals surface area (Å²) in [6.07, 6.45) is 1.62. The van der Waals surface area contributed by atoms with Gasteiger partial charge in [-0.2, -0.15) is 0 Å². The minimum Gasteiger partial charge on any atom is -0.478 e. The average molecular weight is 246 g/mol. The highest BCUT2D eigenvalue weighted by atomic mass is 16.6. The number of aliphatic carboxylic acids is 1. The van der Waals surface area contributed by atoms with Crippen LogP contribution in [0, 0.1) is 10.1 Å². The minimum atomic E-state index is -1.08. The van der Waals surface area contributed by atoms with E-state index < -0.39 is 10.9 Å². The van der Waals surface area contributed by atoms with Crippen LogP contribution in [-0.4, -0.2) is 20.6 Å². The molecule has 18 heavy (non-hydrogen) atoms. The Morgan fingerprint density at radius 1 is 1.44 bits per heavy atom. The summed E-state index contributed by atoms with van der Waals surface area (Å²) < 4.78 is 1.62. The number of carbonyl (C=O) groups is 1. The van der Waals surface area contributed by atoms with Gasteiger partial charge in [0.2, 0.25) is 0 Å². The van der Waals surface area contributed by atoms with Crippen molar-refractivity contribution in [1.29, 1.82) is 0 Å². The van der Waals surface area contributed by atoms with Gasteiger partial charge < -0.3 is 9.67 Å². The molecule has 1 aromatic heterocycles. The molecule has 0 aliphatic heterocycles. The van der Waals surface area contributed by atoms with Gasteiger partial charge in [-0.25, -0.2) is 4.79 Å². The molecule has 0 aliphatic carbocycles. The van der Waals surface area contributed by atoms with E-state index in [4.69, 9.17) is 5.11 Å². The topological polar surface area (TPSA) is 85.4 Å². The summed E-state index contributed by atoms with van der Waals surface area (Å²) in [5.74, 6) is -1.08. The molecule has 92 valence electrons. The van der Waals surface area contributed by atoms with Gasteiger partial charge >= 0.3 is 5.97 Å². The molecule has 0 aliphatic rings. The Hall–Kier alpha value is -2.63. The molecule has 0 atom stereocenters. The van der Waals surface area contributed by atoms with Gasteiger partial charge in [0.25, 0.3) is 5.69 Å². The Kier molecular flexibility index (Phi) is 2.85. The largest absolute Gasteiger partial charge is 0.478 e. The molecule has 0 saturated carbocycles. The zero-order valence-corrected chi connectivity index (χ0v) is 9.37. The number of benzene rings is 1. The first-order valence-corrected chi connectivity index (χ1v) is 5.14. The van der Waals surface area contributed by atoms with Crippen LogP contribution in [0.15, 0.2) is 42.6 Å². The van der Waals surface area contributed by atoms with E-state index in [9.17, 15) is 14.9 Å². The van der Waals surface area contributed by atoms with Crippen LogP contribution in [0.25, 0.3) is 10.9 Å². The van der Waals surface area contributed by atoms with Crippen molar-refractivity contribution in [2.24, 2.45) is 0 Å². The van der Waals surface area contributed by atoms with Gasteiger partial charge in [-0.05, 0) is 12.1 Å². The zero-order valence-electron chi connectivity index (χ0n) is 9.37. The lowest BCUT2D eigenvalue weighted by Gasteiger charge is -2.04. The fraction of sp³-hybridized carbons (Fsp3) is 0.0833. The summed E-state index contributed by atoms with van der Waals surface area (Å²) in [5, 5.41) is 20.1. The Bertz CT molecular complexity index is 657. The van der Waals surface area contributed by atoms with Crippen molar-refractivity contribution in [2.45, 2.75) is 6.54 Å². The van der Waals surface area contributed by atoms with Crippen molar-refractivity contribution in [3.8, 4) is 0 Å². The van der Waals surface area contributed by atoms with Crippen LogP contribution in [0.3, 0.4) is 0 Å². The van der Waals surface area contributed by atoms with E-state index in [1.54, 1.807) is 29.0 Å². The molecular weight excluding hydrogens is 236 g/mol. The molecule has 0 amide bonds. The van der Waals surface area contributed by atoms with Crippen molar-refractivity contribution in [2.75, 3.05) is 0 Å². The number of nitrogens with zero attached hydrogens (tertiary/aromatic N) is 2. The first kappa shape index (κ1) is 11.8. The van der Waals surface area contributed by atoms with Crippen LogP contribution in [0.4, 0.5) is 5.69 Å². The van der Waals surface area contributed by atoms with Crippen molar-refractivity contribution in [3.05, 3.63) is 52.7 Å². The maximum absolute atomic E-state index is 10.8. The third kappa shape index (κ3) is 1.95. The van der Waals surface area contributed by atoms with Gasteiger partial charge in [0.15, 0.2) is 0 Å². The van der Waals surface area contributed by atoms with Crippen molar-refractivity contribution >= 4 is 22.6 Å². The predicted octanol–water partition coefficient (Wildman–Crippen LogP) is 2.19. The summed E-state index contributed by atoms with van der Waals surface area (Å²) in [6, 6.07) is 6.29. The van der Waals surface area contributed by atoms with E-state index in [2.05, 4.69) is 6.58 Å². The predicted molar refractivity (Wildman–Crippen MR) is 65.4 cm³/mol. The van der Waals surface area contributed by atoms with E-state index in [1.165, 1.54) is 6.07 Å². The normalized spacial score (nSPS) is 10.4.